The van der Waals surface area contributed by atoms with Gasteiger partial charge in [0.2, 0.25) is 0 Å². The molecule has 0 saturated carbocycles. The molecular weight excluding hydrogens is 887 g/mol. The van der Waals surface area contributed by atoms with Gasteiger partial charge < -0.3 is 33.3 Å². The molecule has 0 rings (SSSR count). The summed E-state index contributed by atoms with van der Waals surface area (Å²) in [6.45, 7) is 4.54. The molecule has 0 aromatic carbocycles. The highest BCUT2D eigenvalue weighted by Crippen LogP contribution is 2.13. The van der Waals surface area contributed by atoms with Crippen LogP contribution in [0.4, 0.5) is 0 Å². The molecule has 0 spiro atoms. The van der Waals surface area contributed by atoms with Crippen molar-refractivity contribution in [2.45, 2.75) is 206 Å². The van der Waals surface area contributed by atoms with Crippen LogP contribution in [0.15, 0.2) is 122 Å². The Labute approximate surface area is 434 Å². The van der Waals surface area contributed by atoms with E-state index >= 15 is 0 Å². The lowest BCUT2D eigenvalue weighted by molar-refractivity contribution is -0.870. The topological polar surface area (TPSA) is 111 Å². The van der Waals surface area contributed by atoms with Gasteiger partial charge in [-0.1, -0.05) is 193 Å². The number of hydrogen-bond donors (Lipinski definition) is 0. The zero-order chi connectivity index (χ0) is 52.0. The molecule has 0 heterocycles. The Morgan fingerprint density at radius 3 is 1.20 bits per heavy atom. The second-order valence-corrected chi connectivity index (χ2v) is 19.1. The van der Waals surface area contributed by atoms with E-state index in [-0.39, 0.29) is 38.6 Å². The second kappa shape index (κ2) is 52.0. The summed E-state index contributed by atoms with van der Waals surface area (Å²) in [6, 6.07) is 0. The predicted molar refractivity (Wildman–Crippen MR) is 296 cm³/mol. The summed E-state index contributed by atoms with van der Waals surface area (Å²) < 4.78 is 22.6. The van der Waals surface area contributed by atoms with Crippen molar-refractivity contribution in [3.63, 3.8) is 0 Å². The van der Waals surface area contributed by atoms with E-state index < -0.39 is 24.3 Å². The van der Waals surface area contributed by atoms with E-state index in [2.05, 4.69) is 135 Å². The smallest absolute Gasteiger partial charge is 0.306 e. The molecule has 2 atom stereocenters. The molecule has 71 heavy (non-hydrogen) atoms. The number of likely N-dealkylation sites (N-methyl/N-ethyl adjacent to an activating group) is 1. The number of carbonyl (C=O) groups excluding carboxylic acids is 3. The summed E-state index contributed by atoms with van der Waals surface area (Å²) in [5, 5.41) is 11.8. The number of allylic oxidation sites excluding steroid dienone is 20. The van der Waals surface area contributed by atoms with Crippen molar-refractivity contribution in [2.24, 2.45) is 0 Å². The van der Waals surface area contributed by atoms with E-state index in [0.717, 1.165) is 128 Å². The number of aliphatic carboxylic acids is 1. The number of nitrogens with zero attached hydrogens (tertiary/aromatic N) is 1. The lowest BCUT2D eigenvalue weighted by Gasteiger charge is -2.26. The molecule has 9 nitrogen and oxygen atoms in total. The summed E-state index contributed by atoms with van der Waals surface area (Å²) in [6.07, 6.45) is 69.4. The van der Waals surface area contributed by atoms with Crippen molar-refractivity contribution >= 4 is 17.9 Å². The van der Waals surface area contributed by atoms with Gasteiger partial charge in [0.15, 0.2) is 12.4 Å². The van der Waals surface area contributed by atoms with Gasteiger partial charge in [-0.2, -0.15) is 0 Å². The van der Waals surface area contributed by atoms with Gasteiger partial charge in [0.25, 0.3) is 0 Å². The number of hydrogen-bond acceptors (Lipinski definition) is 8. The van der Waals surface area contributed by atoms with E-state index in [4.69, 9.17) is 18.9 Å². The van der Waals surface area contributed by atoms with Gasteiger partial charge in [-0.3, -0.25) is 9.59 Å². The summed E-state index contributed by atoms with van der Waals surface area (Å²) in [5.41, 5.74) is 0. The molecular formula is C62H101NO8. The van der Waals surface area contributed by atoms with Gasteiger partial charge in [0.05, 0.1) is 40.3 Å². The van der Waals surface area contributed by atoms with Gasteiger partial charge in [-0.05, 0) is 109 Å². The van der Waals surface area contributed by atoms with Crippen LogP contribution in [0.1, 0.15) is 194 Å². The summed E-state index contributed by atoms with van der Waals surface area (Å²) in [7, 11) is 5.89. The highest BCUT2D eigenvalue weighted by Gasteiger charge is 2.22. The molecule has 2 unspecified atom stereocenters. The van der Waals surface area contributed by atoms with Crippen LogP contribution in [0.5, 0.6) is 0 Å². The zero-order valence-electron chi connectivity index (χ0n) is 45.5. The van der Waals surface area contributed by atoms with Crippen LogP contribution < -0.4 is 5.11 Å². The summed E-state index contributed by atoms with van der Waals surface area (Å²) in [5.74, 6) is -2.34. The Morgan fingerprint density at radius 2 is 0.803 bits per heavy atom. The highest BCUT2D eigenvalue weighted by molar-refractivity contribution is 5.70. The van der Waals surface area contributed by atoms with E-state index in [9.17, 15) is 19.5 Å². The highest BCUT2D eigenvalue weighted by atomic mass is 16.7. The minimum atomic E-state index is -1.64. The molecule has 0 aliphatic rings. The van der Waals surface area contributed by atoms with Crippen LogP contribution in [-0.2, 0) is 33.3 Å². The van der Waals surface area contributed by atoms with Crippen LogP contribution in [0.3, 0.4) is 0 Å². The third kappa shape index (κ3) is 53.3. The Bertz CT molecular complexity index is 1570. The molecule has 0 aliphatic heterocycles. The molecule has 0 N–H and O–H groups in total. The molecule has 0 saturated heterocycles. The van der Waals surface area contributed by atoms with Gasteiger partial charge in [-0.15, -0.1) is 0 Å². The minimum absolute atomic E-state index is 0.134. The molecule has 0 aromatic rings. The number of carboxylic acids is 1. The molecule has 0 aromatic heterocycles. The Morgan fingerprint density at radius 1 is 0.437 bits per heavy atom. The fraction of sp³-hybridized carbons (Fsp3) is 0.629. The maximum absolute atomic E-state index is 12.8. The summed E-state index contributed by atoms with van der Waals surface area (Å²) >= 11 is 0. The lowest BCUT2D eigenvalue weighted by Crippen LogP contribution is -2.44. The number of quaternary nitrogens is 1. The average Bonchev–Trinajstić information content (AvgIpc) is 3.34. The fourth-order valence-electron chi connectivity index (χ4n) is 6.93. The SMILES string of the molecule is CC/C=C\C/C=C\C/C=C\C/C=C\C/C=C\C/C=C\C/C=C\CCCCCCCC(=O)OC(COC(=O)CCCCCCCC/C=C\C/C=C\C/C=C\CCCCC)COC(OCC[N+](C)(C)C)C(=O)[O-]. The van der Waals surface area contributed by atoms with Gasteiger partial charge >= 0.3 is 11.9 Å². The minimum Gasteiger partial charge on any atom is -0.545 e. The van der Waals surface area contributed by atoms with Crippen LogP contribution in [0, 0.1) is 0 Å². The standard InChI is InChI=1S/C62H101NO8/c1-6-8-10-12-14-16-18-20-22-24-26-27-28-29-30-31-32-33-35-37-39-41-43-45-47-49-51-53-60(65)71-58(57-70-62(61(66)67)68-55-54-63(3,4)5)56-69-59(64)52-50-48-46-44-42-40-38-36-34-25-23-21-19-17-15-13-11-9-7-2/h8,10,14-17,20-23,26-27,29-30,32-34,36-37,39,58,62H,6-7,9,11-13,18-19,24-25,28,31,35,38,40-57H2,1-5H3/b10-8-,16-14-,17-15-,22-20-,23-21-,27-26-,30-29-,33-32-,36-34-,39-37-. The average molecular weight is 988 g/mol. The molecule has 0 bridgehead atoms. The van der Waals surface area contributed by atoms with E-state index in [1.54, 1.807) is 0 Å². The van der Waals surface area contributed by atoms with Crippen molar-refractivity contribution < 1.29 is 42.9 Å². The first kappa shape index (κ1) is 66.7. The van der Waals surface area contributed by atoms with Crippen molar-refractivity contribution in [1.82, 2.24) is 0 Å². The van der Waals surface area contributed by atoms with E-state index in [1.165, 1.54) is 25.7 Å². The number of carboxylic acid groups (broad SMARTS) is 1. The quantitative estimate of drug-likeness (QED) is 0.0195. The van der Waals surface area contributed by atoms with Crippen molar-refractivity contribution in [3.05, 3.63) is 122 Å². The number of rotatable bonds is 49. The third-order valence-corrected chi connectivity index (χ3v) is 11.2. The lowest BCUT2D eigenvalue weighted by atomic mass is 10.1. The van der Waals surface area contributed by atoms with E-state index in [1.807, 2.05) is 21.1 Å². The third-order valence-electron chi connectivity index (χ3n) is 11.2. The van der Waals surface area contributed by atoms with Gasteiger partial charge in [-0.25, -0.2) is 0 Å². The van der Waals surface area contributed by atoms with Crippen LogP contribution in [0.25, 0.3) is 0 Å². The molecule has 0 radical (unpaired) electrons. The Balaban J connectivity index is 4.40. The second-order valence-electron chi connectivity index (χ2n) is 19.1. The first-order valence-electron chi connectivity index (χ1n) is 27.7. The first-order chi connectivity index (χ1) is 34.6. The zero-order valence-corrected chi connectivity index (χ0v) is 45.5. The van der Waals surface area contributed by atoms with Crippen molar-refractivity contribution in [1.29, 1.82) is 0 Å². The number of carbonyl (C=O) groups is 3. The van der Waals surface area contributed by atoms with Crippen LogP contribution in [-0.4, -0.2) is 82.3 Å². The van der Waals surface area contributed by atoms with Crippen molar-refractivity contribution in [3.8, 4) is 0 Å². The predicted octanol–water partition coefficient (Wildman–Crippen LogP) is 14.8. The summed E-state index contributed by atoms with van der Waals surface area (Å²) in [4.78, 5) is 37.2. The normalized spacial score (nSPS) is 13.8. The molecule has 0 aliphatic carbocycles. The number of unbranched alkanes of at least 4 members (excludes halogenated alkanes) is 14. The molecule has 9 heteroatoms. The largest absolute Gasteiger partial charge is 0.545 e. The molecule has 402 valence electrons. The fourth-order valence-corrected chi connectivity index (χ4v) is 6.93. The van der Waals surface area contributed by atoms with Crippen molar-refractivity contribution in [2.75, 3.05) is 47.5 Å². The van der Waals surface area contributed by atoms with Crippen LogP contribution >= 0.6 is 0 Å². The molecule has 0 fully saturated rings. The molecule has 0 amide bonds. The van der Waals surface area contributed by atoms with Crippen LogP contribution in [0.2, 0.25) is 0 Å². The number of ether oxygens (including phenoxy) is 4. The van der Waals surface area contributed by atoms with Gasteiger partial charge in [0.1, 0.15) is 13.2 Å². The number of esters is 2. The maximum Gasteiger partial charge on any atom is 0.306 e. The monoisotopic (exact) mass is 988 g/mol. The Kier molecular flexibility index (Phi) is 48.9. The Hall–Kier alpha value is -4.31. The maximum atomic E-state index is 12.8. The van der Waals surface area contributed by atoms with E-state index in [0.29, 0.717) is 23.9 Å². The van der Waals surface area contributed by atoms with Gasteiger partial charge in [0, 0.05) is 12.8 Å². The first-order valence-corrected chi connectivity index (χ1v) is 27.7.